The molecule has 0 aliphatic heterocycles. The highest BCUT2D eigenvalue weighted by atomic mass is 15.3. The zero-order valence-electron chi connectivity index (χ0n) is 13.9. The van der Waals surface area contributed by atoms with Crippen LogP contribution in [0.1, 0.15) is 40.1 Å². The quantitative estimate of drug-likeness (QED) is 0.917. The summed E-state index contributed by atoms with van der Waals surface area (Å²) in [6, 6.07) is 6.65. The molecule has 21 heavy (non-hydrogen) atoms. The molecule has 2 N–H and O–H groups in total. The third-order valence-corrected chi connectivity index (χ3v) is 4.53. The molecule has 0 saturated carbocycles. The first-order valence-corrected chi connectivity index (χ1v) is 7.70. The second kappa shape index (κ2) is 6.44. The van der Waals surface area contributed by atoms with Crippen molar-refractivity contribution in [2.24, 2.45) is 12.8 Å². The molecule has 3 nitrogen and oxygen atoms in total. The Morgan fingerprint density at radius 3 is 2.24 bits per heavy atom. The van der Waals surface area contributed by atoms with Crippen LogP contribution in [-0.4, -0.2) is 15.8 Å². The fourth-order valence-electron chi connectivity index (χ4n) is 3.04. The molecule has 0 saturated heterocycles. The maximum Gasteiger partial charge on any atom is 0.0628 e. The van der Waals surface area contributed by atoms with E-state index in [0.717, 1.165) is 25.0 Å². The molecule has 0 bridgehead atoms. The second-order valence-corrected chi connectivity index (χ2v) is 6.15. The van der Waals surface area contributed by atoms with Crippen LogP contribution in [0.5, 0.6) is 0 Å². The summed E-state index contributed by atoms with van der Waals surface area (Å²) in [4.78, 5) is 0. The van der Waals surface area contributed by atoms with Gasteiger partial charge in [-0.1, -0.05) is 18.2 Å². The molecule has 1 heterocycles. The van der Waals surface area contributed by atoms with Crippen molar-refractivity contribution in [3.05, 3.63) is 51.8 Å². The summed E-state index contributed by atoms with van der Waals surface area (Å²) in [7, 11) is 2.00. The van der Waals surface area contributed by atoms with Crippen LogP contribution < -0.4 is 5.73 Å². The Kier molecular flexibility index (Phi) is 4.84. The van der Waals surface area contributed by atoms with E-state index in [0.29, 0.717) is 0 Å². The highest BCUT2D eigenvalue weighted by Crippen LogP contribution is 2.18. The van der Waals surface area contributed by atoms with Crippen molar-refractivity contribution in [1.82, 2.24) is 9.78 Å². The van der Waals surface area contributed by atoms with Crippen molar-refractivity contribution in [2.45, 2.75) is 53.0 Å². The number of benzene rings is 1. The fraction of sp³-hybridized carbons (Fsp3) is 0.500. The Labute approximate surface area is 128 Å². The summed E-state index contributed by atoms with van der Waals surface area (Å²) in [5.74, 6) is 0. The van der Waals surface area contributed by atoms with Crippen LogP contribution in [0.25, 0.3) is 0 Å². The number of nitrogens with zero attached hydrogens (tertiary/aromatic N) is 2. The molecular weight excluding hydrogens is 258 g/mol. The minimum absolute atomic E-state index is 0.198. The first kappa shape index (κ1) is 15.8. The zero-order valence-corrected chi connectivity index (χ0v) is 13.9. The van der Waals surface area contributed by atoms with E-state index < -0.39 is 0 Å². The van der Waals surface area contributed by atoms with E-state index in [-0.39, 0.29) is 6.04 Å². The topological polar surface area (TPSA) is 43.8 Å². The summed E-state index contributed by atoms with van der Waals surface area (Å²) < 4.78 is 1.96. The summed E-state index contributed by atoms with van der Waals surface area (Å²) in [6.45, 7) is 8.56. The van der Waals surface area contributed by atoms with E-state index in [1.54, 1.807) is 0 Å². The lowest BCUT2D eigenvalue weighted by Gasteiger charge is -2.15. The average molecular weight is 285 g/mol. The van der Waals surface area contributed by atoms with Gasteiger partial charge in [-0.2, -0.15) is 5.10 Å². The number of aromatic nitrogens is 2. The van der Waals surface area contributed by atoms with Gasteiger partial charge in [-0.25, -0.2) is 0 Å². The molecule has 1 atom stereocenters. The lowest BCUT2D eigenvalue weighted by Crippen LogP contribution is -2.24. The molecule has 114 valence electrons. The van der Waals surface area contributed by atoms with Gasteiger partial charge >= 0.3 is 0 Å². The maximum absolute atomic E-state index is 6.37. The molecule has 0 spiro atoms. The Balaban J connectivity index is 2.01. The van der Waals surface area contributed by atoms with E-state index in [1.807, 2.05) is 11.7 Å². The normalized spacial score (nSPS) is 12.7. The van der Waals surface area contributed by atoms with Crippen LogP contribution in [0, 0.1) is 27.7 Å². The van der Waals surface area contributed by atoms with Gasteiger partial charge in [0.2, 0.25) is 0 Å². The molecule has 0 aliphatic rings. The van der Waals surface area contributed by atoms with Gasteiger partial charge in [-0.05, 0) is 69.2 Å². The van der Waals surface area contributed by atoms with Gasteiger partial charge in [0.05, 0.1) is 5.69 Å². The van der Waals surface area contributed by atoms with E-state index in [2.05, 4.69) is 51.0 Å². The largest absolute Gasteiger partial charge is 0.327 e. The molecule has 1 aromatic carbocycles. The highest BCUT2D eigenvalue weighted by molar-refractivity contribution is 5.34. The summed E-state index contributed by atoms with van der Waals surface area (Å²) in [6.07, 6.45) is 2.97. The Morgan fingerprint density at radius 1 is 1.10 bits per heavy atom. The smallest absolute Gasteiger partial charge is 0.0628 e. The monoisotopic (exact) mass is 285 g/mol. The van der Waals surface area contributed by atoms with Gasteiger partial charge in [0.15, 0.2) is 0 Å². The standard InChI is InChI=1S/C18H27N3/c1-12-7-6-8-13(2)18(12)11-16(19)9-10-17-14(3)20-21(5)15(17)4/h6-8,16H,9-11,19H2,1-5H3. The molecule has 2 rings (SSSR count). The van der Waals surface area contributed by atoms with Crippen LogP contribution in [0.3, 0.4) is 0 Å². The van der Waals surface area contributed by atoms with Gasteiger partial charge in [0, 0.05) is 18.8 Å². The number of nitrogens with two attached hydrogens (primary N) is 1. The molecule has 0 radical (unpaired) electrons. The Bertz CT molecular complexity index is 605. The van der Waals surface area contributed by atoms with E-state index in [9.17, 15) is 0 Å². The number of hydrogen-bond acceptors (Lipinski definition) is 2. The van der Waals surface area contributed by atoms with Crippen molar-refractivity contribution in [3.63, 3.8) is 0 Å². The average Bonchev–Trinajstić information content (AvgIpc) is 2.66. The predicted octanol–water partition coefficient (Wildman–Crippen LogP) is 3.16. The van der Waals surface area contributed by atoms with Gasteiger partial charge in [-0.3, -0.25) is 4.68 Å². The number of hydrogen-bond donors (Lipinski definition) is 1. The molecule has 0 aliphatic carbocycles. The lowest BCUT2D eigenvalue weighted by molar-refractivity contribution is 0.605. The van der Waals surface area contributed by atoms with Gasteiger partial charge < -0.3 is 5.73 Å². The van der Waals surface area contributed by atoms with Crippen LogP contribution in [0.15, 0.2) is 18.2 Å². The highest BCUT2D eigenvalue weighted by Gasteiger charge is 2.13. The third kappa shape index (κ3) is 3.53. The minimum Gasteiger partial charge on any atom is -0.327 e. The first-order valence-electron chi connectivity index (χ1n) is 7.70. The molecule has 3 heteroatoms. The van der Waals surface area contributed by atoms with Gasteiger partial charge in [0.25, 0.3) is 0 Å². The third-order valence-electron chi connectivity index (χ3n) is 4.53. The molecule has 2 aromatic rings. The van der Waals surface area contributed by atoms with Gasteiger partial charge in [-0.15, -0.1) is 0 Å². The molecular formula is C18H27N3. The van der Waals surface area contributed by atoms with Crippen molar-refractivity contribution in [1.29, 1.82) is 0 Å². The van der Waals surface area contributed by atoms with Crippen molar-refractivity contribution >= 4 is 0 Å². The first-order chi connectivity index (χ1) is 9.90. The fourth-order valence-corrected chi connectivity index (χ4v) is 3.04. The van der Waals surface area contributed by atoms with E-state index in [4.69, 9.17) is 5.73 Å². The molecule has 0 fully saturated rings. The van der Waals surface area contributed by atoms with E-state index >= 15 is 0 Å². The lowest BCUT2D eigenvalue weighted by atomic mass is 9.93. The maximum atomic E-state index is 6.37. The number of rotatable bonds is 5. The summed E-state index contributed by atoms with van der Waals surface area (Å²) in [5.41, 5.74) is 14.2. The summed E-state index contributed by atoms with van der Waals surface area (Å²) >= 11 is 0. The van der Waals surface area contributed by atoms with Crippen molar-refractivity contribution < 1.29 is 0 Å². The van der Waals surface area contributed by atoms with Crippen LogP contribution >= 0.6 is 0 Å². The van der Waals surface area contributed by atoms with Crippen molar-refractivity contribution in [2.75, 3.05) is 0 Å². The predicted molar refractivity (Wildman–Crippen MR) is 88.6 cm³/mol. The SMILES string of the molecule is Cc1cccc(C)c1CC(N)CCc1c(C)nn(C)c1C. The molecule has 1 unspecified atom stereocenters. The zero-order chi connectivity index (χ0) is 15.6. The molecule has 0 amide bonds. The molecule has 1 aromatic heterocycles. The number of aryl methyl sites for hydroxylation is 4. The van der Waals surface area contributed by atoms with Gasteiger partial charge in [0.1, 0.15) is 0 Å². The van der Waals surface area contributed by atoms with Crippen molar-refractivity contribution in [3.8, 4) is 0 Å². The van der Waals surface area contributed by atoms with Crippen LogP contribution in [0.4, 0.5) is 0 Å². The van der Waals surface area contributed by atoms with Crippen LogP contribution in [-0.2, 0) is 19.9 Å². The van der Waals surface area contributed by atoms with Crippen LogP contribution in [0.2, 0.25) is 0 Å². The minimum atomic E-state index is 0.198. The Hall–Kier alpha value is -1.61. The summed E-state index contributed by atoms with van der Waals surface area (Å²) in [5, 5.41) is 4.48. The Morgan fingerprint density at radius 2 is 1.71 bits per heavy atom. The second-order valence-electron chi connectivity index (χ2n) is 6.15. The van der Waals surface area contributed by atoms with E-state index in [1.165, 1.54) is 27.9 Å².